The average Bonchev–Trinajstić information content (AvgIpc) is 2.72. The minimum Gasteiger partial charge on any atom is -0.490 e. The molecule has 0 spiro atoms. The first kappa shape index (κ1) is 12.8. The van der Waals surface area contributed by atoms with Gasteiger partial charge in [-0.05, 0) is 24.6 Å². The van der Waals surface area contributed by atoms with Gasteiger partial charge in [-0.2, -0.15) is 5.10 Å². The Labute approximate surface area is 118 Å². The van der Waals surface area contributed by atoms with E-state index in [1.165, 1.54) is 0 Å². The van der Waals surface area contributed by atoms with Gasteiger partial charge >= 0.3 is 0 Å². The van der Waals surface area contributed by atoms with E-state index >= 15 is 0 Å². The zero-order chi connectivity index (χ0) is 13.9. The van der Waals surface area contributed by atoms with Crippen molar-refractivity contribution < 1.29 is 9.47 Å². The predicted molar refractivity (Wildman–Crippen MR) is 77.3 cm³/mol. The van der Waals surface area contributed by atoms with Crippen LogP contribution in [0.5, 0.6) is 11.5 Å². The van der Waals surface area contributed by atoms with Gasteiger partial charge in [0.1, 0.15) is 0 Å². The van der Waals surface area contributed by atoms with Crippen LogP contribution in [0.4, 0.5) is 5.69 Å². The van der Waals surface area contributed by atoms with Crippen molar-refractivity contribution in [3.63, 3.8) is 0 Å². The Kier molecular flexibility index (Phi) is 3.50. The molecular formula is C15H19N3O2. The topological polar surface area (TPSA) is 48.3 Å². The van der Waals surface area contributed by atoms with Gasteiger partial charge in [0.05, 0.1) is 25.1 Å². The molecule has 0 aliphatic carbocycles. The minimum atomic E-state index is 0.177. The van der Waals surface area contributed by atoms with Gasteiger partial charge in [0.2, 0.25) is 0 Å². The number of nitrogens with one attached hydrogen (secondary N) is 1. The number of fused-ring (bicyclic) bond motifs is 1. The molecule has 2 aromatic rings. The van der Waals surface area contributed by atoms with Crippen LogP contribution in [0.1, 0.15) is 24.9 Å². The lowest BCUT2D eigenvalue weighted by Gasteiger charge is -2.16. The molecule has 20 heavy (non-hydrogen) atoms. The Hall–Kier alpha value is -2.17. The van der Waals surface area contributed by atoms with Gasteiger partial charge in [-0.1, -0.05) is 6.07 Å². The van der Waals surface area contributed by atoms with Crippen LogP contribution < -0.4 is 14.8 Å². The summed E-state index contributed by atoms with van der Waals surface area (Å²) in [5.41, 5.74) is 2.17. The summed E-state index contributed by atoms with van der Waals surface area (Å²) in [6, 6.07) is 6.28. The van der Waals surface area contributed by atoms with Crippen LogP contribution >= 0.6 is 0 Å². The molecule has 1 aliphatic heterocycles. The van der Waals surface area contributed by atoms with E-state index in [-0.39, 0.29) is 6.04 Å². The lowest BCUT2D eigenvalue weighted by Crippen LogP contribution is -2.06. The Morgan fingerprint density at radius 2 is 2.05 bits per heavy atom. The number of anilines is 1. The molecule has 5 heteroatoms. The van der Waals surface area contributed by atoms with E-state index in [9.17, 15) is 0 Å². The van der Waals surface area contributed by atoms with Crippen molar-refractivity contribution in [2.24, 2.45) is 7.05 Å². The lowest BCUT2D eigenvalue weighted by atomic mass is 10.1. The van der Waals surface area contributed by atoms with Crippen LogP contribution in [0.3, 0.4) is 0 Å². The van der Waals surface area contributed by atoms with Gasteiger partial charge in [0.15, 0.2) is 11.5 Å². The number of ether oxygens (including phenoxy) is 2. The molecule has 5 nitrogen and oxygen atoms in total. The molecule has 1 aromatic carbocycles. The van der Waals surface area contributed by atoms with E-state index in [0.29, 0.717) is 6.61 Å². The first-order valence-corrected chi connectivity index (χ1v) is 6.87. The summed E-state index contributed by atoms with van der Waals surface area (Å²) in [6.07, 6.45) is 4.70. The molecule has 0 radical (unpaired) electrons. The van der Waals surface area contributed by atoms with Gasteiger partial charge < -0.3 is 14.8 Å². The van der Waals surface area contributed by atoms with Crippen LogP contribution in [0.2, 0.25) is 0 Å². The second-order valence-corrected chi connectivity index (χ2v) is 5.03. The maximum Gasteiger partial charge on any atom is 0.161 e. The summed E-state index contributed by atoms with van der Waals surface area (Å²) in [5.74, 6) is 1.67. The van der Waals surface area contributed by atoms with Crippen molar-refractivity contribution in [1.82, 2.24) is 9.78 Å². The first-order valence-electron chi connectivity index (χ1n) is 6.87. The van der Waals surface area contributed by atoms with E-state index in [4.69, 9.17) is 9.47 Å². The predicted octanol–water partition coefficient (Wildman–Crippen LogP) is 2.75. The molecule has 1 N–H and O–H groups in total. The van der Waals surface area contributed by atoms with Crippen LogP contribution in [0.15, 0.2) is 30.6 Å². The van der Waals surface area contributed by atoms with Crippen molar-refractivity contribution in [1.29, 1.82) is 0 Å². The zero-order valence-electron chi connectivity index (χ0n) is 11.8. The fourth-order valence-corrected chi connectivity index (χ4v) is 2.28. The van der Waals surface area contributed by atoms with E-state index in [2.05, 4.69) is 29.5 Å². The molecule has 106 valence electrons. The third kappa shape index (κ3) is 2.71. The molecule has 0 fully saturated rings. The summed E-state index contributed by atoms with van der Waals surface area (Å²) in [5, 5.41) is 7.58. The number of aromatic nitrogens is 2. The fourth-order valence-electron chi connectivity index (χ4n) is 2.28. The zero-order valence-corrected chi connectivity index (χ0v) is 11.8. The quantitative estimate of drug-likeness (QED) is 0.934. The van der Waals surface area contributed by atoms with Crippen molar-refractivity contribution in [2.45, 2.75) is 19.4 Å². The molecule has 1 atom stereocenters. The molecular weight excluding hydrogens is 254 g/mol. The Balaban J connectivity index is 1.77. The van der Waals surface area contributed by atoms with Crippen LogP contribution in [0, 0.1) is 0 Å². The van der Waals surface area contributed by atoms with E-state index in [1.807, 2.05) is 25.5 Å². The van der Waals surface area contributed by atoms with Crippen molar-refractivity contribution >= 4 is 5.69 Å². The number of hydrogen-bond donors (Lipinski definition) is 1. The normalized spacial score (nSPS) is 15.5. The maximum absolute atomic E-state index is 5.72. The summed E-state index contributed by atoms with van der Waals surface area (Å²) in [4.78, 5) is 0. The Morgan fingerprint density at radius 3 is 2.80 bits per heavy atom. The van der Waals surface area contributed by atoms with Crippen molar-refractivity contribution in [3.8, 4) is 11.5 Å². The standard InChI is InChI=1S/C15H19N3O2/c1-11(17-13-9-16-18(2)10-13)12-4-5-14-15(8-12)20-7-3-6-19-14/h4-5,8-11,17H,3,6-7H2,1-2H3. The average molecular weight is 273 g/mol. The smallest absolute Gasteiger partial charge is 0.161 e. The van der Waals surface area contributed by atoms with Gasteiger partial charge in [-0.3, -0.25) is 4.68 Å². The molecule has 3 rings (SSSR count). The summed E-state index contributed by atoms with van der Waals surface area (Å²) in [7, 11) is 1.91. The minimum absolute atomic E-state index is 0.177. The largest absolute Gasteiger partial charge is 0.490 e. The fraction of sp³-hybridized carbons (Fsp3) is 0.400. The third-order valence-electron chi connectivity index (χ3n) is 3.36. The SMILES string of the molecule is CC(Nc1cnn(C)c1)c1ccc2c(c1)OCCCO2. The van der Waals surface area contributed by atoms with Gasteiger partial charge in [-0.15, -0.1) is 0 Å². The highest BCUT2D eigenvalue weighted by molar-refractivity contribution is 5.47. The molecule has 1 aromatic heterocycles. The van der Waals surface area contributed by atoms with E-state index in [0.717, 1.165) is 35.8 Å². The van der Waals surface area contributed by atoms with Gasteiger partial charge in [-0.25, -0.2) is 0 Å². The molecule has 1 unspecified atom stereocenters. The Morgan fingerprint density at radius 1 is 1.25 bits per heavy atom. The van der Waals surface area contributed by atoms with Gasteiger partial charge in [0, 0.05) is 25.7 Å². The van der Waals surface area contributed by atoms with Crippen LogP contribution in [-0.4, -0.2) is 23.0 Å². The molecule has 1 aliphatic rings. The second-order valence-electron chi connectivity index (χ2n) is 5.03. The monoisotopic (exact) mass is 273 g/mol. The second kappa shape index (κ2) is 5.45. The third-order valence-corrected chi connectivity index (χ3v) is 3.36. The van der Waals surface area contributed by atoms with Crippen LogP contribution in [0.25, 0.3) is 0 Å². The van der Waals surface area contributed by atoms with E-state index in [1.54, 1.807) is 4.68 Å². The highest BCUT2D eigenvalue weighted by atomic mass is 16.5. The van der Waals surface area contributed by atoms with Crippen molar-refractivity contribution in [2.75, 3.05) is 18.5 Å². The highest BCUT2D eigenvalue weighted by Gasteiger charge is 2.13. The molecule has 2 heterocycles. The first-order chi connectivity index (χ1) is 9.72. The van der Waals surface area contributed by atoms with E-state index < -0.39 is 0 Å². The summed E-state index contributed by atoms with van der Waals surface area (Å²) < 4.78 is 13.2. The molecule has 0 bridgehead atoms. The lowest BCUT2D eigenvalue weighted by molar-refractivity contribution is 0.297. The number of nitrogens with zero attached hydrogens (tertiary/aromatic N) is 2. The van der Waals surface area contributed by atoms with Crippen molar-refractivity contribution in [3.05, 3.63) is 36.2 Å². The Bertz CT molecular complexity index is 595. The molecule has 0 amide bonds. The summed E-state index contributed by atoms with van der Waals surface area (Å²) >= 11 is 0. The number of benzene rings is 1. The highest BCUT2D eigenvalue weighted by Crippen LogP contribution is 2.33. The number of hydrogen-bond acceptors (Lipinski definition) is 4. The molecule has 0 saturated carbocycles. The maximum atomic E-state index is 5.72. The summed E-state index contributed by atoms with van der Waals surface area (Å²) in [6.45, 7) is 3.54. The molecule has 0 saturated heterocycles. The number of rotatable bonds is 3. The van der Waals surface area contributed by atoms with Gasteiger partial charge in [0.25, 0.3) is 0 Å². The van der Waals surface area contributed by atoms with Crippen LogP contribution in [-0.2, 0) is 7.05 Å². The number of aryl methyl sites for hydroxylation is 1.